The van der Waals surface area contributed by atoms with Crippen molar-refractivity contribution < 1.29 is 9.18 Å². The van der Waals surface area contributed by atoms with Crippen molar-refractivity contribution in [1.82, 2.24) is 9.97 Å². The third-order valence-corrected chi connectivity index (χ3v) is 2.93. The number of nitrogens with one attached hydrogen (secondary N) is 1. The largest absolute Gasteiger partial charge is 0.369 e. The number of carbonyl (C=O) groups excluding carboxylic acids is 1. The lowest BCUT2D eigenvalue weighted by atomic mass is 10.2. The number of anilines is 2. The molecule has 0 saturated carbocycles. The summed E-state index contributed by atoms with van der Waals surface area (Å²) in [7, 11) is 1.57. The highest BCUT2D eigenvalue weighted by Crippen LogP contribution is 2.16. The Bertz CT molecular complexity index is 615. The summed E-state index contributed by atoms with van der Waals surface area (Å²) < 4.78 is 13.2. The highest BCUT2D eigenvalue weighted by Gasteiger charge is 2.15. The molecule has 0 aliphatic rings. The number of aromatic nitrogens is 2. The second-order valence-corrected chi connectivity index (χ2v) is 4.56. The van der Waals surface area contributed by atoms with Crippen LogP contribution < -0.4 is 10.2 Å². The van der Waals surface area contributed by atoms with Gasteiger partial charge < -0.3 is 10.2 Å². The van der Waals surface area contributed by atoms with Crippen LogP contribution in [0.3, 0.4) is 0 Å². The Morgan fingerprint density at radius 1 is 1.33 bits per heavy atom. The van der Waals surface area contributed by atoms with Crippen molar-refractivity contribution in [3.05, 3.63) is 48.2 Å². The van der Waals surface area contributed by atoms with Gasteiger partial charge in [-0.3, -0.25) is 4.79 Å². The fourth-order valence-electron chi connectivity index (χ4n) is 1.76. The van der Waals surface area contributed by atoms with Gasteiger partial charge in [-0.25, -0.2) is 14.4 Å². The van der Waals surface area contributed by atoms with E-state index < -0.39 is 5.82 Å². The van der Waals surface area contributed by atoms with Crippen molar-refractivity contribution in [1.29, 1.82) is 0 Å². The Labute approximate surface area is 122 Å². The molecule has 0 unspecified atom stereocenters. The average Bonchev–Trinajstić information content (AvgIpc) is 2.52. The van der Waals surface area contributed by atoms with E-state index in [4.69, 9.17) is 0 Å². The number of nitrogens with zero attached hydrogens (tertiary/aromatic N) is 3. The zero-order chi connectivity index (χ0) is 15.2. The fourth-order valence-corrected chi connectivity index (χ4v) is 1.76. The number of benzene rings is 1. The Morgan fingerprint density at radius 3 is 2.76 bits per heavy atom. The number of hydrogen-bond donors (Lipinski definition) is 1. The molecule has 0 fully saturated rings. The first-order valence-corrected chi connectivity index (χ1v) is 6.71. The van der Waals surface area contributed by atoms with Gasteiger partial charge in [-0.15, -0.1) is 0 Å². The lowest BCUT2D eigenvalue weighted by Gasteiger charge is -2.16. The van der Waals surface area contributed by atoms with Crippen LogP contribution in [-0.4, -0.2) is 29.5 Å². The Morgan fingerprint density at radius 2 is 2.14 bits per heavy atom. The van der Waals surface area contributed by atoms with Gasteiger partial charge in [-0.2, -0.15) is 0 Å². The van der Waals surface area contributed by atoms with Gasteiger partial charge in [0.25, 0.3) is 5.91 Å². The van der Waals surface area contributed by atoms with Crippen LogP contribution in [0, 0.1) is 5.82 Å². The highest BCUT2D eigenvalue weighted by molar-refractivity contribution is 6.04. The molecular formula is C15H17FN4O. The highest BCUT2D eigenvalue weighted by atomic mass is 19.1. The first kappa shape index (κ1) is 14.9. The molecule has 0 radical (unpaired) electrons. The first-order valence-electron chi connectivity index (χ1n) is 6.71. The van der Waals surface area contributed by atoms with Gasteiger partial charge in [0.1, 0.15) is 17.3 Å². The van der Waals surface area contributed by atoms with E-state index in [1.807, 2.05) is 6.92 Å². The van der Waals surface area contributed by atoms with E-state index in [0.29, 0.717) is 11.5 Å². The monoisotopic (exact) mass is 288 g/mol. The minimum absolute atomic E-state index is 0.212. The lowest BCUT2D eigenvalue weighted by molar-refractivity contribution is 0.0988. The van der Waals surface area contributed by atoms with Gasteiger partial charge in [0.05, 0.1) is 12.4 Å². The van der Waals surface area contributed by atoms with E-state index >= 15 is 0 Å². The van der Waals surface area contributed by atoms with Gasteiger partial charge in [0, 0.05) is 19.3 Å². The maximum atomic E-state index is 13.2. The summed E-state index contributed by atoms with van der Waals surface area (Å²) in [5.41, 5.74) is 0.679. The van der Waals surface area contributed by atoms with E-state index in [9.17, 15) is 9.18 Å². The predicted molar refractivity (Wildman–Crippen MR) is 79.9 cm³/mol. The van der Waals surface area contributed by atoms with Gasteiger partial charge >= 0.3 is 0 Å². The van der Waals surface area contributed by atoms with Crippen LogP contribution in [0.5, 0.6) is 0 Å². The van der Waals surface area contributed by atoms with E-state index in [0.717, 1.165) is 13.0 Å². The van der Waals surface area contributed by atoms with Crippen LogP contribution in [0.15, 0.2) is 36.7 Å². The zero-order valence-electron chi connectivity index (χ0n) is 12.0. The SMILES string of the molecule is CCCNc1cnc(C(=O)N(C)c2cccc(F)c2)cn1. The molecule has 5 nitrogen and oxygen atoms in total. The number of halogens is 1. The Kier molecular flexibility index (Phi) is 4.81. The molecular weight excluding hydrogens is 271 g/mol. The number of carbonyl (C=O) groups is 1. The molecule has 1 N–H and O–H groups in total. The molecule has 1 aromatic carbocycles. The molecule has 1 amide bonds. The van der Waals surface area contributed by atoms with Gasteiger partial charge in [0.2, 0.25) is 0 Å². The molecule has 0 atom stereocenters. The second-order valence-electron chi connectivity index (χ2n) is 4.56. The van der Waals surface area contributed by atoms with E-state index in [2.05, 4.69) is 15.3 Å². The maximum absolute atomic E-state index is 13.2. The van der Waals surface area contributed by atoms with Crippen LogP contribution in [0.4, 0.5) is 15.9 Å². The zero-order valence-corrected chi connectivity index (χ0v) is 12.0. The third kappa shape index (κ3) is 3.75. The van der Waals surface area contributed by atoms with Gasteiger partial charge in [-0.05, 0) is 24.6 Å². The van der Waals surface area contributed by atoms with Crippen molar-refractivity contribution in [2.75, 3.05) is 23.8 Å². The molecule has 21 heavy (non-hydrogen) atoms. The molecule has 2 aromatic rings. The van der Waals surface area contributed by atoms with Crippen molar-refractivity contribution in [2.24, 2.45) is 0 Å². The number of amides is 1. The van der Waals surface area contributed by atoms with E-state index in [1.165, 1.54) is 29.4 Å². The molecule has 0 bridgehead atoms. The normalized spacial score (nSPS) is 10.2. The quantitative estimate of drug-likeness (QED) is 0.919. The summed E-state index contributed by atoms with van der Waals surface area (Å²) in [6, 6.07) is 5.84. The Balaban J connectivity index is 2.12. The van der Waals surface area contributed by atoms with Crippen LogP contribution in [0.25, 0.3) is 0 Å². The number of hydrogen-bond acceptors (Lipinski definition) is 4. The summed E-state index contributed by atoms with van der Waals surface area (Å²) in [5, 5.41) is 3.08. The van der Waals surface area contributed by atoms with Crippen LogP contribution in [-0.2, 0) is 0 Å². The third-order valence-electron chi connectivity index (χ3n) is 2.93. The minimum Gasteiger partial charge on any atom is -0.369 e. The standard InChI is InChI=1S/C15H17FN4O/c1-3-7-17-14-10-18-13(9-19-14)15(21)20(2)12-6-4-5-11(16)8-12/h4-6,8-10H,3,7H2,1-2H3,(H,17,19). The molecule has 0 aliphatic carbocycles. The molecule has 1 heterocycles. The molecule has 6 heteroatoms. The van der Waals surface area contributed by atoms with Crippen LogP contribution >= 0.6 is 0 Å². The van der Waals surface area contributed by atoms with E-state index in [-0.39, 0.29) is 11.6 Å². The van der Waals surface area contributed by atoms with Gasteiger partial charge in [-0.1, -0.05) is 13.0 Å². The lowest BCUT2D eigenvalue weighted by Crippen LogP contribution is -2.27. The van der Waals surface area contributed by atoms with Gasteiger partial charge in [0.15, 0.2) is 0 Å². The molecule has 110 valence electrons. The van der Waals surface area contributed by atoms with Crippen LogP contribution in [0.1, 0.15) is 23.8 Å². The second kappa shape index (κ2) is 6.78. The fraction of sp³-hybridized carbons (Fsp3) is 0.267. The maximum Gasteiger partial charge on any atom is 0.278 e. The smallest absolute Gasteiger partial charge is 0.278 e. The summed E-state index contributed by atoms with van der Waals surface area (Å²) in [6.45, 7) is 2.84. The summed E-state index contributed by atoms with van der Waals surface area (Å²) >= 11 is 0. The Hall–Kier alpha value is -2.50. The molecule has 0 aliphatic heterocycles. The average molecular weight is 288 g/mol. The molecule has 2 rings (SSSR count). The van der Waals surface area contributed by atoms with Crippen LogP contribution in [0.2, 0.25) is 0 Å². The van der Waals surface area contributed by atoms with Crippen molar-refractivity contribution in [3.8, 4) is 0 Å². The molecule has 1 aromatic heterocycles. The van der Waals surface area contributed by atoms with Crippen molar-refractivity contribution in [2.45, 2.75) is 13.3 Å². The molecule has 0 saturated heterocycles. The first-order chi connectivity index (χ1) is 10.1. The number of rotatable bonds is 5. The summed E-state index contributed by atoms with van der Waals surface area (Å²) in [5.74, 6) is -0.103. The summed E-state index contributed by atoms with van der Waals surface area (Å²) in [4.78, 5) is 21.8. The predicted octanol–water partition coefficient (Wildman–Crippen LogP) is 2.71. The minimum atomic E-state index is -0.391. The molecule has 0 spiro atoms. The van der Waals surface area contributed by atoms with E-state index in [1.54, 1.807) is 19.2 Å². The topological polar surface area (TPSA) is 58.1 Å². The summed E-state index contributed by atoms with van der Waals surface area (Å²) in [6.07, 6.45) is 3.91. The van der Waals surface area contributed by atoms with Crippen molar-refractivity contribution >= 4 is 17.4 Å². The van der Waals surface area contributed by atoms with Crippen molar-refractivity contribution in [3.63, 3.8) is 0 Å².